The van der Waals surface area contributed by atoms with Gasteiger partial charge in [-0.1, -0.05) is 22.8 Å². The second-order valence-electron chi connectivity index (χ2n) is 10.3. The van der Waals surface area contributed by atoms with Crippen molar-refractivity contribution in [3.8, 4) is 11.4 Å². The van der Waals surface area contributed by atoms with Crippen molar-refractivity contribution >= 4 is 33.3 Å². The van der Waals surface area contributed by atoms with Crippen molar-refractivity contribution in [2.45, 2.75) is 50.3 Å². The lowest BCUT2D eigenvalue weighted by Crippen LogP contribution is -2.45. The van der Waals surface area contributed by atoms with Crippen molar-refractivity contribution in [1.82, 2.24) is 20.3 Å². The monoisotopic (exact) mass is 540 g/mol. The summed E-state index contributed by atoms with van der Waals surface area (Å²) in [6, 6.07) is 17.7. The van der Waals surface area contributed by atoms with E-state index in [1.807, 2.05) is 54.6 Å². The number of anilines is 1. The molecule has 39 heavy (non-hydrogen) atoms. The Labute approximate surface area is 230 Å². The third-order valence-electron chi connectivity index (χ3n) is 7.19. The number of pyridine rings is 3. The van der Waals surface area contributed by atoms with Crippen molar-refractivity contribution < 1.29 is 9.53 Å². The zero-order chi connectivity index (χ0) is 26.9. The molecular weight excluding hydrogens is 508 g/mol. The number of carbonyl (C=O) groups excluding carboxylic acids is 1. The number of hydrogen-bond acceptors (Lipinski definition) is 7. The number of fused-ring (bicyclic) bond motifs is 2. The Bertz CT molecular complexity index is 1560. The molecular formula is C30H32N6O2S. The highest BCUT2D eigenvalue weighted by molar-refractivity contribution is 7.86. The van der Waals surface area contributed by atoms with E-state index in [2.05, 4.69) is 29.0 Å². The molecule has 3 aromatic heterocycles. The van der Waals surface area contributed by atoms with Crippen LogP contribution < -0.4 is 10.2 Å². The Morgan fingerprint density at radius 3 is 2.74 bits per heavy atom. The van der Waals surface area contributed by atoms with E-state index in [1.54, 1.807) is 6.20 Å². The predicted octanol–water partition coefficient (Wildman–Crippen LogP) is 4.92. The van der Waals surface area contributed by atoms with Gasteiger partial charge in [-0.2, -0.15) is 0 Å². The number of rotatable bonds is 5. The second-order valence-corrected chi connectivity index (χ2v) is 11.9. The van der Waals surface area contributed by atoms with Gasteiger partial charge in [0.1, 0.15) is 5.82 Å². The topological polar surface area (TPSA) is 104 Å². The molecule has 1 saturated heterocycles. The molecule has 200 valence electrons. The molecule has 6 rings (SSSR count). The molecule has 8 nitrogen and oxygen atoms in total. The maximum absolute atomic E-state index is 12.9. The molecule has 3 unspecified atom stereocenters. The van der Waals surface area contributed by atoms with E-state index in [4.69, 9.17) is 19.5 Å². The van der Waals surface area contributed by atoms with Gasteiger partial charge in [0.25, 0.3) is 5.91 Å². The zero-order valence-electron chi connectivity index (χ0n) is 22.2. The smallest absolute Gasteiger partial charge is 0.251 e. The van der Waals surface area contributed by atoms with Gasteiger partial charge in [-0.05, 0) is 74.7 Å². The van der Waals surface area contributed by atoms with Crippen LogP contribution in [0.25, 0.3) is 22.3 Å². The second kappa shape index (κ2) is 10.8. The quantitative estimate of drug-likeness (QED) is 0.372. The van der Waals surface area contributed by atoms with E-state index in [0.717, 1.165) is 70.4 Å². The molecule has 2 aliphatic heterocycles. The van der Waals surface area contributed by atoms with Crippen LogP contribution in [-0.2, 0) is 28.4 Å². The maximum Gasteiger partial charge on any atom is 0.251 e. The fourth-order valence-electron chi connectivity index (χ4n) is 5.33. The molecule has 0 spiro atoms. The van der Waals surface area contributed by atoms with Crippen LogP contribution in [0, 0.1) is 4.78 Å². The van der Waals surface area contributed by atoms with Crippen molar-refractivity contribution in [2.75, 3.05) is 23.7 Å². The zero-order valence-corrected chi connectivity index (χ0v) is 23.0. The molecule has 0 radical (unpaired) electrons. The molecule has 1 amide bonds. The summed E-state index contributed by atoms with van der Waals surface area (Å²) in [7, 11) is -0.536. The van der Waals surface area contributed by atoms with Gasteiger partial charge in [0.05, 0.1) is 41.4 Å². The van der Waals surface area contributed by atoms with Crippen molar-refractivity contribution in [2.24, 2.45) is 0 Å². The van der Waals surface area contributed by atoms with Crippen molar-refractivity contribution in [3.05, 3.63) is 77.6 Å². The van der Waals surface area contributed by atoms with Crippen LogP contribution in [0.4, 0.5) is 5.82 Å². The summed E-state index contributed by atoms with van der Waals surface area (Å²) in [4.78, 5) is 30.5. The van der Waals surface area contributed by atoms with Crippen LogP contribution in [0.3, 0.4) is 0 Å². The standard InChI is InChI=1S/C30H32N6O2S/c1-19-17-36(18-20(2)38-19)29-7-3-6-25(35-29)26-11-10-23-15-32-24(14-27(23)34-26)16-33-30(37)22-9-8-21-5-4-12-39(31)28(21)13-22/h3,6-11,13-15,19-20,31H,4-5,12,16-18H2,1-2H3,(H,33,37). The fourth-order valence-corrected chi connectivity index (χ4v) is 6.73. The van der Waals surface area contributed by atoms with Gasteiger partial charge in [0, 0.05) is 40.9 Å². The molecule has 3 atom stereocenters. The summed E-state index contributed by atoms with van der Waals surface area (Å²) in [5.41, 5.74) is 4.93. The highest BCUT2D eigenvalue weighted by Crippen LogP contribution is 2.25. The third-order valence-corrected chi connectivity index (χ3v) is 8.80. The first kappa shape index (κ1) is 25.6. The Balaban J connectivity index is 1.19. The highest BCUT2D eigenvalue weighted by atomic mass is 32.2. The SMILES string of the molecule is CC1CN(c2cccc(-c3ccc4cnc(CNC(=O)c5ccc6c(c5)S(=N)CCC6)cc4n3)n2)CC(C)O1. The minimum absolute atomic E-state index is 0.156. The number of aryl methyl sites for hydroxylation is 1. The van der Waals surface area contributed by atoms with Gasteiger partial charge in [-0.15, -0.1) is 0 Å². The molecule has 2 aliphatic rings. The average Bonchev–Trinajstić information content (AvgIpc) is 2.95. The number of benzene rings is 1. The molecule has 0 saturated carbocycles. The van der Waals surface area contributed by atoms with E-state index in [0.29, 0.717) is 12.1 Å². The van der Waals surface area contributed by atoms with Crippen LogP contribution >= 0.6 is 0 Å². The molecule has 4 aromatic rings. The normalized spacial score (nSPS) is 21.0. The van der Waals surface area contributed by atoms with E-state index in [9.17, 15) is 4.79 Å². The Kier molecular flexibility index (Phi) is 7.10. The lowest BCUT2D eigenvalue weighted by molar-refractivity contribution is -0.00545. The lowest BCUT2D eigenvalue weighted by Gasteiger charge is -2.36. The maximum atomic E-state index is 12.9. The van der Waals surface area contributed by atoms with Gasteiger partial charge in [0.2, 0.25) is 0 Å². The van der Waals surface area contributed by atoms with Crippen molar-refractivity contribution in [1.29, 1.82) is 4.78 Å². The first-order chi connectivity index (χ1) is 18.9. The van der Waals surface area contributed by atoms with Gasteiger partial charge in [-0.3, -0.25) is 14.6 Å². The minimum Gasteiger partial charge on any atom is -0.372 e. The number of aromatic nitrogens is 3. The van der Waals surface area contributed by atoms with E-state index in [1.165, 1.54) is 5.56 Å². The summed E-state index contributed by atoms with van der Waals surface area (Å²) in [6.07, 6.45) is 4.14. The number of ether oxygens (including phenoxy) is 1. The summed E-state index contributed by atoms with van der Waals surface area (Å²) < 4.78 is 14.2. The molecule has 0 bridgehead atoms. The molecule has 0 aliphatic carbocycles. The number of carbonyl (C=O) groups is 1. The predicted molar refractivity (Wildman–Crippen MR) is 154 cm³/mol. The highest BCUT2D eigenvalue weighted by Gasteiger charge is 2.23. The molecule has 1 aromatic carbocycles. The summed E-state index contributed by atoms with van der Waals surface area (Å²) in [5.74, 6) is 1.64. The molecule has 9 heteroatoms. The third kappa shape index (κ3) is 5.55. The van der Waals surface area contributed by atoms with Gasteiger partial charge >= 0.3 is 0 Å². The summed E-state index contributed by atoms with van der Waals surface area (Å²) >= 11 is 0. The largest absolute Gasteiger partial charge is 0.372 e. The van der Waals surface area contributed by atoms with E-state index in [-0.39, 0.29) is 18.1 Å². The fraction of sp³-hybridized carbons (Fsp3) is 0.333. The minimum atomic E-state index is -0.536. The number of morpholine rings is 1. The van der Waals surface area contributed by atoms with Crippen LogP contribution in [0.5, 0.6) is 0 Å². The average molecular weight is 541 g/mol. The lowest BCUT2D eigenvalue weighted by atomic mass is 10.1. The first-order valence-electron chi connectivity index (χ1n) is 13.4. The molecule has 2 N–H and O–H groups in total. The van der Waals surface area contributed by atoms with Gasteiger partial charge in [-0.25, -0.2) is 9.97 Å². The first-order valence-corrected chi connectivity index (χ1v) is 14.8. The molecule has 5 heterocycles. The number of hydrogen-bond donors (Lipinski definition) is 2. The summed E-state index contributed by atoms with van der Waals surface area (Å²) in [5, 5.41) is 3.91. The van der Waals surface area contributed by atoms with Gasteiger partial charge < -0.3 is 15.0 Å². The van der Waals surface area contributed by atoms with Crippen LogP contribution in [0.15, 0.2) is 65.7 Å². The Morgan fingerprint density at radius 1 is 1.08 bits per heavy atom. The van der Waals surface area contributed by atoms with Gasteiger partial charge in [0.15, 0.2) is 0 Å². The number of nitrogens with one attached hydrogen (secondary N) is 2. The number of nitrogens with zero attached hydrogens (tertiary/aromatic N) is 4. The summed E-state index contributed by atoms with van der Waals surface area (Å²) in [6.45, 7) is 6.09. The van der Waals surface area contributed by atoms with Crippen LogP contribution in [-0.4, -0.2) is 51.9 Å². The Morgan fingerprint density at radius 2 is 1.90 bits per heavy atom. The Hall–Kier alpha value is -3.69. The van der Waals surface area contributed by atoms with Crippen molar-refractivity contribution in [3.63, 3.8) is 0 Å². The molecule has 1 fully saturated rings. The van der Waals surface area contributed by atoms with Crippen LogP contribution in [0.1, 0.15) is 41.9 Å². The van der Waals surface area contributed by atoms with Crippen LogP contribution in [0.2, 0.25) is 0 Å². The number of amides is 1. The van der Waals surface area contributed by atoms with E-state index < -0.39 is 10.7 Å². The van der Waals surface area contributed by atoms with E-state index >= 15 is 0 Å².